The first kappa shape index (κ1) is 26.8. The quantitative estimate of drug-likeness (QED) is 0.249. The molecule has 0 atom stereocenters. The number of hydrogen-bond acceptors (Lipinski definition) is 6. The third-order valence-electron chi connectivity index (χ3n) is 5.03. The lowest BCUT2D eigenvalue weighted by Gasteiger charge is -2.22. The van der Waals surface area contributed by atoms with Gasteiger partial charge in [-0.3, -0.25) is 9.59 Å². The summed E-state index contributed by atoms with van der Waals surface area (Å²) in [5.41, 5.74) is 2.67. The summed E-state index contributed by atoms with van der Waals surface area (Å²) in [4.78, 5) is 38.7. The molecule has 0 aliphatic heterocycles. The van der Waals surface area contributed by atoms with Crippen molar-refractivity contribution in [1.29, 1.82) is 0 Å². The van der Waals surface area contributed by atoms with Gasteiger partial charge in [0.25, 0.3) is 0 Å². The summed E-state index contributed by atoms with van der Waals surface area (Å²) in [5, 5.41) is 0. The molecule has 0 radical (unpaired) electrons. The van der Waals surface area contributed by atoms with Gasteiger partial charge in [0.2, 0.25) is 5.91 Å². The average molecular weight is 468 g/mol. The second-order valence-corrected chi connectivity index (χ2v) is 7.70. The van der Waals surface area contributed by atoms with Crippen LogP contribution in [0.4, 0.5) is 0 Å². The Bertz CT molecular complexity index is 953. The first-order valence-electron chi connectivity index (χ1n) is 11.4. The van der Waals surface area contributed by atoms with E-state index in [1.54, 1.807) is 56.2 Å². The van der Waals surface area contributed by atoms with Crippen molar-refractivity contribution in [2.45, 2.75) is 33.3 Å². The number of esters is 2. The van der Waals surface area contributed by atoms with Crippen molar-refractivity contribution < 1.29 is 28.6 Å². The van der Waals surface area contributed by atoms with Gasteiger partial charge in [-0.15, -0.1) is 0 Å². The first-order chi connectivity index (χ1) is 16.4. The molecular formula is C27H33NO6. The summed E-state index contributed by atoms with van der Waals surface area (Å²) in [6.07, 6.45) is 2.56. The predicted octanol–water partition coefficient (Wildman–Crippen LogP) is 4.27. The molecule has 2 aromatic carbocycles. The molecular weight excluding hydrogens is 434 g/mol. The van der Waals surface area contributed by atoms with Crippen molar-refractivity contribution >= 4 is 23.9 Å². The summed E-state index contributed by atoms with van der Waals surface area (Å²) < 4.78 is 15.4. The minimum absolute atomic E-state index is 0.139. The van der Waals surface area contributed by atoms with Crippen molar-refractivity contribution in [2.24, 2.45) is 0 Å². The molecule has 7 heteroatoms. The Hall–Kier alpha value is -3.45. The second-order valence-electron chi connectivity index (χ2n) is 7.70. The zero-order valence-corrected chi connectivity index (χ0v) is 20.1. The number of carbonyl (C=O) groups is 3. The van der Waals surface area contributed by atoms with E-state index in [0.717, 1.165) is 11.1 Å². The summed E-state index contributed by atoms with van der Waals surface area (Å²) in [7, 11) is 1.61. The normalized spacial score (nSPS) is 11.1. The molecule has 0 aliphatic carbocycles. The Morgan fingerprint density at radius 2 is 1.65 bits per heavy atom. The molecule has 0 aliphatic rings. The topological polar surface area (TPSA) is 82.1 Å². The van der Waals surface area contributed by atoms with Gasteiger partial charge in [0.05, 0.1) is 18.6 Å². The monoisotopic (exact) mass is 467 g/mol. The third kappa shape index (κ3) is 9.19. The Kier molecular flexibility index (Phi) is 11.5. The van der Waals surface area contributed by atoms with Crippen molar-refractivity contribution in [2.75, 3.05) is 33.4 Å². The van der Waals surface area contributed by atoms with E-state index in [1.807, 2.05) is 30.3 Å². The fourth-order valence-electron chi connectivity index (χ4n) is 3.26. The summed E-state index contributed by atoms with van der Waals surface area (Å²) >= 11 is 0. The standard InChI is InChI=1S/C27H33NO6/c1-4-33-25(29)15-17-28(16-8-18-32-3)26(30)21(2)19-22-11-13-24(14-12-22)27(31)34-20-23-9-6-5-7-10-23/h5-7,9-14,19H,4,8,15-18,20H2,1-3H3. The number of nitrogens with zero attached hydrogens (tertiary/aromatic N) is 1. The van der Waals surface area contributed by atoms with Crippen LogP contribution in [0.5, 0.6) is 0 Å². The average Bonchev–Trinajstić information content (AvgIpc) is 2.85. The van der Waals surface area contributed by atoms with Crippen LogP contribution in [0.3, 0.4) is 0 Å². The molecule has 0 aromatic heterocycles. The third-order valence-corrected chi connectivity index (χ3v) is 5.03. The number of amides is 1. The van der Waals surface area contributed by atoms with E-state index in [1.165, 1.54) is 0 Å². The maximum atomic E-state index is 13.0. The van der Waals surface area contributed by atoms with Crippen LogP contribution in [-0.4, -0.2) is 56.2 Å². The van der Waals surface area contributed by atoms with Crippen LogP contribution in [0.2, 0.25) is 0 Å². The number of rotatable bonds is 13. The van der Waals surface area contributed by atoms with Gasteiger partial charge in [-0.2, -0.15) is 0 Å². The molecule has 0 bridgehead atoms. The summed E-state index contributed by atoms with van der Waals surface area (Å²) in [6.45, 7) is 5.28. The van der Waals surface area contributed by atoms with Crippen LogP contribution < -0.4 is 0 Å². The van der Waals surface area contributed by atoms with Gasteiger partial charge in [0, 0.05) is 32.4 Å². The van der Waals surface area contributed by atoms with Crippen LogP contribution in [0, 0.1) is 0 Å². The van der Waals surface area contributed by atoms with E-state index in [0.29, 0.717) is 37.3 Å². The zero-order valence-electron chi connectivity index (χ0n) is 20.1. The van der Waals surface area contributed by atoms with Crippen LogP contribution >= 0.6 is 0 Å². The van der Waals surface area contributed by atoms with E-state index < -0.39 is 5.97 Å². The van der Waals surface area contributed by atoms with Crippen LogP contribution in [0.25, 0.3) is 6.08 Å². The van der Waals surface area contributed by atoms with Gasteiger partial charge in [0.15, 0.2) is 0 Å². The number of methoxy groups -OCH3 is 1. The van der Waals surface area contributed by atoms with Crippen molar-refractivity contribution in [1.82, 2.24) is 4.90 Å². The molecule has 34 heavy (non-hydrogen) atoms. The van der Waals surface area contributed by atoms with E-state index >= 15 is 0 Å². The smallest absolute Gasteiger partial charge is 0.338 e. The largest absolute Gasteiger partial charge is 0.466 e. The van der Waals surface area contributed by atoms with Crippen molar-refractivity contribution in [3.8, 4) is 0 Å². The van der Waals surface area contributed by atoms with Crippen LogP contribution in [-0.2, 0) is 30.4 Å². The van der Waals surface area contributed by atoms with Gasteiger partial charge in [-0.1, -0.05) is 42.5 Å². The summed E-state index contributed by atoms with van der Waals surface area (Å²) in [5.74, 6) is -0.898. The molecule has 0 saturated carbocycles. The van der Waals surface area contributed by atoms with Crippen molar-refractivity contribution in [3.05, 3.63) is 76.9 Å². The maximum absolute atomic E-state index is 13.0. The second kappa shape index (κ2) is 14.6. The lowest BCUT2D eigenvalue weighted by molar-refractivity contribution is -0.143. The highest BCUT2D eigenvalue weighted by atomic mass is 16.5. The van der Waals surface area contributed by atoms with Gasteiger partial charge in [-0.25, -0.2) is 4.79 Å². The number of carbonyl (C=O) groups excluding carboxylic acids is 3. The SMILES string of the molecule is CCOC(=O)CCN(CCCOC)C(=O)C(C)=Cc1ccc(C(=O)OCc2ccccc2)cc1. The fraction of sp³-hybridized carbons (Fsp3) is 0.370. The lowest BCUT2D eigenvalue weighted by Crippen LogP contribution is -2.35. The molecule has 0 saturated heterocycles. The van der Waals surface area contributed by atoms with E-state index in [2.05, 4.69) is 0 Å². The highest BCUT2D eigenvalue weighted by molar-refractivity contribution is 5.97. The molecule has 1 amide bonds. The molecule has 0 spiro atoms. The molecule has 0 unspecified atom stereocenters. The minimum Gasteiger partial charge on any atom is -0.466 e. The summed E-state index contributed by atoms with van der Waals surface area (Å²) in [6, 6.07) is 16.4. The van der Waals surface area contributed by atoms with Crippen LogP contribution in [0.1, 0.15) is 48.2 Å². The Morgan fingerprint density at radius 1 is 0.941 bits per heavy atom. The molecule has 0 N–H and O–H groups in total. The lowest BCUT2D eigenvalue weighted by atomic mass is 10.1. The Labute approximate surface area is 201 Å². The molecule has 7 nitrogen and oxygen atoms in total. The van der Waals surface area contributed by atoms with E-state index in [-0.39, 0.29) is 31.4 Å². The predicted molar refractivity (Wildman–Crippen MR) is 130 cm³/mol. The Morgan fingerprint density at radius 3 is 2.29 bits per heavy atom. The van der Waals surface area contributed by atoms with Gasteiger partial charge < -0.3 is 19.1 Å². The maximum Gasteiger partial charge on any atom is 0.338 e. The number of benzene rings is 2. The van der Waals surface area contributed by atoms with Crippen LogP contribution in [0.15, 0.2) is 60.2 Å². The highest BCUT2D eigenvalue weighted by Gasteiger charge is 2.17. The number of ether oxygens (including phenoxy) is 3. The van der Waals surface area contributed by atoms with Gasteiger partial charge >= 0.3 is 11.9 Å². The Balaban J connectivity index is 1.99. The zero-order chi connectivity index (χ0) is 24.8. The molecule has 2 aromatic rings. The molecule has 0 heterocycles. The molecule has 0 fully saturated rings. The van der Waals surface area contributed by atoms with Crippen molar-refractivity contribution in [3.63, 3.8) is 0 Å². The first-order valence-corrected chi connectivity index (χ1v) is 11.4. The number of hydrogen-bond donors (Lipinski definition) is 0. The molecule has 182 valence electrons. The van der Waals surface area contributed by atoms with Gasteiger partial charge in [0.1, 0.15) is 6.61 Å². The van der Waals surface area contributed by atoms with E-state index in [9.17, 15) is 14.4 Å². The van der Waals surface area contributed by atoms with E-state index in [4.69, 9.17) is 14.2 Å². The fourth-order valence-corrected chi connectivity index (χ4v) is 3.26. The van der Waals surface area contributed by atoms with Gasteiger partial charge in [-0.05, 0) is 49.6 Å². The molecule has 2 rings (SSSR count). The highest BCUT2D eigenvalue weighted by Crippen LogP contribution is 2.13. The minimum atomic E-state index is -0.407.